The van der Waals surface area contributed by atoms with Crippen molar-refractivity contribution in [2.75, 3.05) is 17.2 Å². The molecule has 2 heterocycles. The zero-order chi connectivity index (χ0) is 32.1. The number of nitrogens with zero attached hydrogens (tertiary/aromatic N) is 5. The predicted molar refractivity (Wildman–Crippen MR) is 174 cm³/mol. The molecule has 6 N–H and O–H groups in total. The summed E-state index contributed by atoms with van der Waals surface area (Å²) in [7, 11) is 0. The maximum atomic E-state index is 13.9. The third kappa shape index (κ3) is 7.06. The number of halogens is 1. The van der Waals surface area contributed by atoms with Gasteiger partial charge in [0.05, 0.1) is 45.9 Å². The van der Waals surface area contributed by atoms with E-state index in [0.29, 0.717) is 17.8 Å². The fourth-order valence-electron chi connectivity index (χ4n) is 5.04. The van der Waals surface area contributed by atoms with Crippen molar-refractivity contribution >= 4 is 22.3 Å². The van der Waals surface area contributed by atoms with E-state index < -0.39 is 11.6 Å². The van der Waals surface area contributed by atoms with Crippen LogP contribution in [0.3, 0.4) is 0 Å². The van der Waals surface area contributed by atoms with Gasteiger partial charge in [-0.3, -0.25) is 15.0 Å². The number of aromatic nitrogens is 3. The minimum Gasteiger partial charge on any atom is -0.399 e. The molecule has 1 fully saturated rings. The van der Waals surface area contributed by atoms with E-state index in [1.54, 1.807) is 48.1 Å². The number of benzene rings is 2. The van der Waals surface area contributed by atoms with Crippen LogP contribution in [0.15, 0.2) is 73.1 Å². The van der Waals surface area contributed by atoms with Crippen LogP contribution in [0.4, 0.5) is 15.8 Å². The monoisotopic (exact) mass is 595 g/mol. The van der Waals surface area contributed by atoms with E-state index in [4.69, 9.17) is 11.6 Å². The molecular formula is C34H42FN9. The first-order chi connectivity index (χ1) is 21.0. The molecule has 0 bridgehead atoms. The van der Waals surface area contributed by atoms with Crippen LogP contribution in [-0.2, 0) is 5.54 Å². The molecular weight excluding hydrogens is 553 g/mol. The topological polar surface area (TPSA) is 142 Å². The summed E-state index contributed by atoms with van der Waals surface area (Å²) in [6.07, 6.45) is 9.96. The van der Waals surface area contributed by atoms with Crippen LogP contribution in [0, 0.1) is 29.5 Å². The minimum atomic E-state index is -0.538. The minimum absolute atomic E-state index is 0.00149. The van der Waals surface area contributed by atoms with Gasteiger partial charge in [0.15, 0.2) is 0 Å². The van der Waals surface area contributed by atoms with E-state index in [1.807, 2.05) is 32.9 Å². The van der Waals surface area contributed by atoms with Crippen molar-refractivity contribution < 1.29 is 4.39 Å². The quantitative estimate of drug-likeness (QED) is 0.124. The number of aryl methyl sites for hydroxylation is 1. The van der Waals surface area contributed by atoms with Gasteiger partial charge in [-0.05, 0) is 60.6 Å². The van der Waals surface area contributed by atoms with Gasteiger partial charge < -0.3 is 21.4 Å². The average molecular weight is 596 g/mol. The van der Waals surface area contributed by atoms with Crippen LogP contribution in [-0.4, -0.2) is 26.5 Å². The van der Waals surface area contributed by atoms with Crippen molar-refractivity contribution in [3.05, 3.63) is 101 Å². The number of rotatable bonds is 9. The fourth-order valence-corrected chi connectivity index (χ4v) is 5.04. The molecule has 1 aliphatic rings. The second-order valence-corrected chi connectivity index (χ2v) is 12.0. The molecule has 230 valence electrons. The molecule has 44 heavy (non-hydrogen) atoms. The van der Waals surface area contributed by atoms with Crippen molar-refractivity contribution in [3.8, 4) is 6.07 Å². The van der Waals surface area contributed by atoms with Gasteiger partial charge in [0, 0.05) is 42.4 Å². The molecule has 10 heteroatoms. The molecule has 1 atom stereocenters. The second kappa shape index (κ2) is 13.3. The maximum Gasteiger partial charge on any atom is 0.123 e. The Hall–Kier alpha value is -4.75. The van der Waals surface area contributed by atoms with E-state index in [9.17, 15) is 9.65 Å². The third-order valence-electron chi connectivity index (χ3n) is 7.47. The van der Waals surface area contributed by atoms with E-state index >= 15 is 0 Å². The zero-order valence-corrected chi connectivity index (χ0v) is 26.3. The molecule has 2 aromatic carbocycles. The highest BCUT2D eigenvalue weighted by atomic mass is 19.1. The normalized spacial score (nSPS) is 14.6. The van der Waals surface area contributed by atoms with Crippen LogP contribution in [0.2, 0.25) is 0 Å². The molecule has 0 radical (unpaired) electrons. The van der Waals surface area contributed by atoms with Gasteiger partial charge in [0.1, 0.15) is 11.9 Å². The molecule has 1 aliphatic carbocycles. The number of nitriles is 1. The van der Waals surface area contributed by atoms with Crippen LogP contribution < -0.4 is 22.2 Å². The molecule has 0 saturated heterocycles. The van der Waals surface area contributed by atoms with Gasteiger partial charge >= 0.3 is 0 Å². The highest BCUT2D eigenvalue weighted by Crippen LogP contribution is 2.49. The first kappa shape index (κ1) is 32.2. The summed E-state index contributed by atoms with van der Waals surface area (Å²) < 4.78 is 13.9. The molecule has 4 aromatic rings. The van der Waals surface area contributed by atoms with Crippen LogP contribution in [0.25, 0.3) is 10.9 Å². The third-order valence-corrected chi connectivity index (χ3v) is 7.47. The predicted octanol–water partition coefficient (Wildman–Crippen LogP) is 6.65. The van der Waals surface area contributed by atoms with Crippen LogP contribution >= 0.6 is 0 Å². The summed E-state index contributed by atoms with van der Waals surface area (Å²) in [4.78, 5) is 13.2. The first-order valence-corrected chi connectivity index (χ1v) is 14.9. The number of nitrogens with two attached hydrogens (primary N) is 2. The Bertz CT molecular complexity index is 1650. The number of fused-ring (bicyclic) bond motifs is 1. The largest absolute Gasteiger partial charge is 0.399 e. The maximum absolute atomic E-state index is 13.9. The Morgan fingerprint density at radius 2 is 1.84 bits per heavy atom. The van der Waals surface area contributed by atoms with Gasteiger partial charge in [-0.25, -0.2) is 10.2 Å². The Kier molecular flexibility index (Phi) is 9.70. The Labute approximate surface area is 259 Å². The summed E-state index contributed by atoms with van der Waals surface area (Å²) in [6.45, 7) is 13.0. The zero-order valence-electron chi connectivity index (χ0n) is 26.3. The lowest BCUT2D eigenvalue weighted by Gasteiger charge is -2.28. The summed E-state index contributed by atoms with van der Waals surface area (Å²) in [5.74, 6) is 6.23. The van der Waals surface area contributed by atoms with Gasteiger partial charge in [-0.2, -0.15) is 5.26 Å². The van der Waals surface area contributed by atoms with E-state index in [1.165, 1.54) is 12.1 Å². The number of anilines is 2. The van der Waals surface area contributed by atoms with Gasteiger partial charge in [0.2, 0.25) is 0 Å². The van der Waals surface area contributed by atoms with Gasteiger partial charge in [-0.1, -0.05) is 46.8 Å². The van der Waals surface area contributed by atoms with Crippen molar-refractivity contribution in [1.82, 2.24) is 20.0 Å². The number of hydrogen-bond donors (Lipinski definition) is 4. The van der Waals surface area contributed by atoms with Crippen molar-refractivity contribution in [2.45, 2.75) is 66.0 Å². The standard InChI is InChI=1S/C32H36FN9.C2H6/c1-20-13-24(14-25-28(20)39-16-22(15-34)29(25)40-19-31(2,3)4)41-30(21-5-7-23(33)8-6-21)26(35)18-42(36)32(9-10-32)27-17-37-11-12-38-27;1-2/h5-8,11-14,16-18,30,41H,9-10,19,35-36H2,1-4H3,(H,39,40);1-2H3/b26-18-;. The fraction of sp³-hybridized carbons (Fsp3) is 0.353. The molecule has 5 rings (SSSR count). The number of nitrogens with one attached hydrogen (secondary N) is 2. The molecule has 0 aliphatic heterocycles. The first-order valence-electron chi connectivity index (χ1n) is 14.9. The molecule has 9 nitrogen and oxygen atoms in total. The SMILES string of the molecule is CC.Cc1cc(NC(/C(N)=C/N(N)C2(c3cnccn3)CC2)c2ccc(F)cc2)cc2c(NCC(C)(C)C)c(C#N)cnc12. The van der Waals surface area contributed by atoms with Crippen LogP contribution in [0.5, 0.6) is 0 Å². The van der Waals surface area contributed by atoms with E-state index in [2.05, 4.69) is 52.4 Å². The summed E-state index contributed by atoms with van der Waals surface area (Å²) in [6, 6.07) is 11.9. The summed E-state index contributed by atoms with van der Waals surface area (Å²) in [5.41, 5.74) is 11.9. The molecule has 1 unspecified atom stereocenters. The Balaban J connectivity index is 0.00000216. The summed E-state index contributed by atoms with van der Waals surface area (Å²) in [5, 5.41) is 19.3. The second-order valence-electron chi connectivity index (χ2n) is 12.0. The van der Waals surface area contributed by atoms with E-state index in [-0.39, 0.29) is 11.2 Å². The van der Waals surface area contributed by atoms with E-state index in [0.717, 1.165) is 51.9 Å². The smallest absolute Gasteiger partial charge is 0.123 e. The lowest BCUT2D eigenvalue weighted by Crippen LogP contribution is -2.39. The number of hydrogen-bond acceptors (Lipinski definition) is 9. The number of hydrazine groups is 1. The lowest BCUT2D eigenvalue weighted by atomic mass is 9.96. The number of pyridine rings is 1. The Morgan fingerprint density at radius 3 is 2.43 bits per heavy atom. The summed E-state index contributed by atoms with van der Waals surface area (Å²) >= 11 is 0. The van der Waals surface area contributed by atoms with Gasteiger partial charge in [0.25, 0.3) is 0 Å². The van der Waals surface area contributed by atoms with Crippen molar-refractivity contribution in [3.63, 3.8) is 0 Å². The van der Waals surface area contributed by atoms with Crippen molar-refractivity contribution in [1.29, 1.82) is 5.26 Å². The Morgan fingerprint density at radius 1 is 1.14 bits per heavy atom. The lowest BCUT2D eigenvalue weighted by molar-refractivity contribution is 0.255. The molecule has 1 saturated carbocycles. The highest BCUT2D eigenvalue weighted by Gasteiger charge is 2.50. The molecule has 2 aromatic heterocycles. The average Bonchev–Trinajstić information content (AvgIpc) is 3.82. The molecule has 0 amide bonds. The van der Waals surface area contributed by atoms with Crippen LogP contribution in [0.1, 0.15) is 75.9 Å². The highest BCUT2D eigenvalue weighted by molar-refractivity contribution is 5.97. The van der Waals surface area contributed by atoms with Crippen molar-refractivity contribution in [2.24, 2.45) is 17.0 Å². The molecule has 0 spiro atoms. The van der Waals surface area contributed by atoms with Gasteiger partial charge in [-0.15, -0.1) is 0 Å².